The van der Waals surface area contributed by atoms with Gasteiger partial charge in [0.1, 0.15) is 11.6 Å². The van der Waals surface area contributed by atoms with Crippen molar-refractivity contribution in [1.82, 2.24) is 9.80 Å². The van der Waals surface area contributed by atoms with Gasteiger partial charge in [-0.15, -0.1) is 0 Å². The smallest absolute Gasteiger partial charge is 0.411 e. The van der Waals surface area contributed by atoms with E-state index in [0.29, 0.717) is 13.0 Å². The van der Waals surface area contributed by atoms with Crippen LogP contribution in [0.2, 0.25) is 0 Å². The zero-order chi connectivity index (χ0) is 20.6. The Morgan fingerprint density at radius 3 is 2.39 bits per heavy atom. The van der Waals surface area contributed by atoms with Crippen molar-refractivity contribution in [2.24, 2.45) is 5.92 Å². The number of hydrogen-bond donors (Lipinski definition) is 0. The van der Waals surface area contributed by atoms with Crippen molar-refractivity contribution in [2.75, 3.05) is 13.7 Å². The summed E-state index contributed by atoms with van der Waals surface area (Å²) in [5, 5.41) is 0. The van der Waals surface area contributed by atoms with Crippen LogP contribution in [0.3, 0.4) is 0 Å². The van der Waals surface area contributed by atoms with Gasteiger partial charge >= 0.3 is 12.1 Å². The van der Waals surface area contributed by atoms with Crippen LogP contribution in [0.5, 0.6) is 0 Å². The number of nitrogens with zero attached hydrogens (tertiary/aromatic N) is 2. The molecule has 0 aliphatic carbocycles. The monoisotopic (exact) mass is 388 g/mol. The second-order valence-corrected chi connectivity index (χ2v) is 8.43. The number of likely N-dealkylation sites (tertiary alicyclic amines) is 2. The van der Waals surface area contributed by atoms with Gasteiger partial charge in [-0.3, -0.25) is 9.69 Å². The Labute approximate surface area is 165 Å². The molecular formula is C21H28N2O5. The third-order valence-corrected chi connectivity index (χ3v) is 5.40. The number of esters is 1. The van der Waals surface area contributed by atoms with Crippen molar-refractivity contribution in [3.05, 3.63) is 35.9 Å². The Kier molecular flexibility index (Phi) is 5.37. The van der Waals surface area contributed by atoms with E-state index in [1.165, 1.54) is 12.0 Å². The lowest BCUT2D eigenvalue weighted by Crippen LogP contribution is -2.49. The molecule has 1 aromatic carbocycles. The van der Waals surface area contributed by atoms with Gasteiger partial charge < -0.3 is 14.4 Å². The number of methoxy groups -OCH3 is 1. The number of amides is 2. The molecule has 2 fully saturated rings. The predicted octanol–water partition coefficient (Wildman–Crippen LogP) is 2.76. The average molecular weight is 388 g/mol. The van der Waals surface area contributed by atoms with Gasteiger partial charge in [-0.1, -0.05) is 30.3 Å². The van der Waals surface area contributed by atoms with E-state index < -0.39 is 29.6 Å². The lowest BCUT2D eigenvalue weighted by molar-refractivity contribution is -0.151. The van der Waals surface area contributed by atoms with E-state index in [1.54, 1.807) is 25.7 Å². The number of fused-ring (bicyclic) bond motifs is 2. The molecule has 2 aliphatic rings. The minimum Gasteiger partial charge on any atom is -0.467 e. The molecule has 0 aromatic heterocycles. The van der Waals surface area contributed by atoms with E-state index in [0.717, 1.165) is 5.56 Å². The van der Waals surface area contributed by atoms with Crippen LogP contribution in [0.1, 0.15) is 45.7 Å². The molecule has 28 heavy (non-hydrogen) atoms. The minimum atomic E-state index is -0.953. The SMILES string of the molecule is COC(=O)[C@H]1[C@H]2C[C@H](CN(C(C)c3ccccc3)C2=O)N1C(=O)OC(C)(C)C. The summed E-state index contributed by atoms with van der Waals surface area (Å²) < 4.78 is 10.4. The summed E-state index contributed by atoms with van der Waals surface area (Å²) in [6.45, 7) is 7.64. The number of carbonyl (C=O) groups excluding carboxylic acids is 3. The maximum Gasteiger partial charge on any atom is 0.411 e. The highest BCUT2D eigenvalue weighted by Gasteiger charge is 2.57. The van der Waals surface area contributed by atoms with Gasteiger partial charge in [0.15, 0.2) is 0 Å². The third-order valence-electron chi connectivity index (χ3n) is 5.40. The van der Waals surface area contributed by atoms with Gasteiger partial charge in [0.2, 0.25) is 5.91 Å². The second kappa shape index (κ2) is 7.45. The fraction of sp³-hybridized carbons (Fsp3) is 0.571. The number of carbonyl (C=O) groups is 3. The van der Waals surface area contributed by atoms with Crippen LogP contribution in [0.25, 0.3) is 0 Å². The normalized spacial score (nSPS) is 25.5. The molecule has 4 atom stereocenters. The Hall–Kier alpha value is -2.57. The molecule has 152 valence electrons. The summed E-state index contributed by atoms with van der Waals surface area (Å²) in [7, 11) is 1.27. The second-order valence-electron chi connectivity index (χ2n) is 8.43. The average Bonchev–Trinajstić information content (AvgIpc) is 2.97. The topological polar surface area (TPSA) is 76.2 Å². The Morgan fingerprint density at radius 2 is 1.82 bits per heavy atom. The molecule has 3 rings (SSSR count). The highest BCUT2D eigenvalue weighted by atomic mass is 16.6. The molecule has 2 saturated heterocycles. The first kappa shape index (κ1) is 20.2. The van der Waals surface area contributed by atoms with E-state index >= 15 is 0 Å². The molecule has 2 amide bonds. The molecule has 2 heterocycles. The predicted molar refractivity (Wildman–Crippen MR) is 102 cm³/mol. The van der Waals surface area contributed by atoms with Gasteiger partial charge in [-0.05, 0) is 39.7 Å². The summed E-state index contributed by atoms with van der Waals surface area (Å²) in [6.07, 6.45) is -0.145. The van der Waals surface area contributed by atoms with E-state index in [-0.39, 0.29) is 18.0 Å². The van der Waals surface area contributed by atoms with Crippen molar-refractivity contribution >= 4 is 18.0 Å². The van der Waals surface area contributed by atoms with Gasteiger partial charge in [0.05, 0.1) is 25.1 Å². The van der Waals surface area contributed by atoms with Crippen molar-refractivity contribution < 1.29 is 23.9 Å². The standard InChI is InChI=1S/C21H28N2O5/c1-13(14-9-7-6-8-10-14)22-12-15-11-16(18(22)24)17(19(25)27-5)23(15)20(26)28-21(2,3)4/h6-10,13,15-17H,11-12H2,1-5H3/t13?,15-,16-,17-/m1/s1. The highest BCUT2D eigenvalue weighted by Crippen LogP contribution is 2.40. The molecule has 1 aromatic rings. The maximum absolute atomic E-state index is 13.2. The van der Waals surface area contributed by atoms with Crippen LogP contribution in [0.15, 0.2) is 30.3 Å². The number of rotatable bonds is 3. The van der Waals surface area contributed by atoms with Crippen molar-refractivity contribution in [3.63, 3.8) is 0 Å². The molecule has 2 aliphatic heterocycles. The molecule has 7 nitrogen and oxygen atoms in total. The van der Waals surface area contributed by atoms with E-state index in [9.17, 15) is 14.4 Å². The fourth-order valence-corrected chi connectivity index (χ4v) is 4.12. The zero-order valence-electron chi connectivity index (χ0n) is 17.0. The van der Waals surface area contributed by atoms with Crippen molar-refractivity contribution in [2.45, 2.75) is 57.8 Å². The molecule has 0 spiro atoms. The Morgan fingerprint density at radius 1 is 1.18 bits per heavy atom. The third kappa shape index (κ3) is 3.70. The summed E-state index contributed by atoms with van der Waals surface area (Å²) in [6, 6.07) is 8.33. The van der Waals surface area contributed by atoms with Crippen LogP contribution < -0.4 is 0 Å². The van der Waals surface area contributed by atoms with Crippen LogP contribution in [-0.2, 0) is 19.1 Å². The molecule has 2 bridgehead atoms. The van der Waals surface area contributed by atoms with Crippen LogP contribution in [0, 0.1) is 5.92 Å². The van der Waals surface area contributed by atoms with Crippen LogP contribution in [-0.4, -0.2) is 59.1 Å². The first-order chi connectivity index (χ1) is 13.1. The van der Waals surface area contributed by atoms with Crippen LogP contribution >= 0.6 is 0 Å². The molecule has 7 heteroatoms. The van der Waals surface area contributed by atoms with Crippen molar-refractivity contribution in [3.8, 4) is 0 Å². The lowest BCUT2D eigenvalue weighted by atomic mass is 9.92. The maximum atomic E-state index is 13.2. The number of ether oxygens (including phenoxy) is 2. The largest absolute Gasteiger partial charge is 0.467 e. The first-order valence-corrected chi connectivity index (χ1v) is 9.58. The van der Waals surface area contributed by atoms with Gasteiger partial charge in [0.25, 0.3) is 0 Å². The summed E-state index contributed by atoms with van der Waals surface area (Å²) in [5.74, 6) is -1.33. The van der Waals surface area contributed by atoms with Crippen molar-refractivity contribution in [1.29, 1.82) is 0 Å². The van der Waals surface area contributed by atoms with E-state index in [4.69, 9.17) is 9.47 Å². The van der Waals surface area contributed by atoms with Crippen LogP contribution in [0.4, 0.5) is 4.79 Å². The summed E-state index contributed by atoms with van der Waals surface area (Å²) in [4.78, 5) is 41.7. The first-order valence-electron chi connectivity index (χ1n) is 9.58. The van der Waals surface area contributed by atoms with Gasteiger partial charge in [0, 0.05) is 6.54 Å². The number of hydrogen-bond acceptors (Lipinski definition) is 5. The van der Waals surface area contributed by atoms with E-state index in [1.807, 2.05) is 37.3 Å². The van der Waals surface area contributed by atoms with E-state index in [2.05, 4.69) is 0 Å². The Bertz CT molecular complexity index is 758. The fourth-order valence-electron chi connectivity index (χ4n) is 4.12. The molecule has 0 radical (unpaired) electrons. The zero-order valence-corrected chi connectivity index (χ0v) is 17.0. The molecule has 0 saturated carbocycles. The highest BCUT2D eigenvalue weighted by molar-refractivity contribution is 5.92. The molecule has 0 N–H and O–H groups in total. The van der Waals surface area contributed by atoms with Gasteiger partial charge in [-0.25, -0.2) is 9.59 Å². The molecular weight excluding hydrogens is 360 g/mol. The Balaban J connectivity index is 1.91. The number of piperidine rings is 1. The minimum absolute atomic E-state index is 0.130. The quantitative estimate of drug-likeness (QED) is 0.744. The summed E-state index contributed by atoms with van der Waals surface area (Å²) >= 11 is 0. The lowest BCUT2D eigenvalue weighted by Gasteiger charge is -2.37. The number of benzene rings is 1. The van der Waals surface area contributed by atoms with Gasteiger partial charge in [-0.2, -0.15) is 0 Å². The summed E-state index contributed by atoms with van der Waals surface area (Å²) in [5.41, 5.74) is 0.311. The molecule has 1 unspecified atom stereocenters.